The first-order chi connectivity index (χ1) is 11.3. The number of unbranched alkanes of at least 4 members (excludes halogenated alkanes) is 5. The van der Waals surface area contributed by atoms with Gasteiger partial charge in [-0.25, -0.2) is 0 Å². The second-order valence-electron chi connectivity index (χ2n) is 6.35. The van der Waals surface area contributed by atoms with Crippen molar-refractivity contribution in [3.05, 3.63) is 35.4 Å². The summed E-state index contributed by atoms with van der Waals surface area (Å²) >= 11 is 0. The topological polar surface area (TPSA) is 46.5 Å². The minimum Gasteiger partial charge on any atom is -0.396 e. The lowest BCUT2D eigenvalue weighted by Crippen LogP contribution is -2.12. The Morgan fingerprint density at radius 3 is 2.22 bits per heavy atom. The molecule has 0 aliphatic carbocycles. The minimum absolute atomic E-state index is 0.0826. The summed E-state index contributed by atoms with van der Waals surface area (Å²) in [5.41, 5.74) is 2.71. The highest BCUT2D eigenvalue weighted by Gasteiger charge is 2.07. The molecule has 1 rings (SSSR count). The molecule has 0 aromatic heterocycles. The van der Waals surface area contributed by atoms with E-state index in [9.17, 15) is 9.67 Å². The van der Waals surface area contributed by atoms with E-state index < -0.39 is 8.69 Å². The summed E-state index contributed by atoms with van der Waals surface area (Å²) in [6.45, 7) is 2.74. The van der Waals surface area contributed by atoms with Crippen LogP contribution in [0.25, 0.3) is 0 Å². The Morgan fingerprint density at radius 2 is 1.61 bits per heavy atom. The molecule has 2 atom stereocenters. The third kappa shape index (κ3) is 9.96. The van der Waals surface area contributed by atoms with E-state index in [0.29, 0.717) is 6.61 Å². The number of hydrogen-bond acceptors (Lipinski definition) is 3. The number of aryl methyl sites for hydroxylation is 2. The molecule has 0 spiro atoms. The van der Waals surface area contributed by atoms with Crippen molar-refractivity contribution in [2.24, 2.45) is 5.92 Å². The molecule has 0 radical (unpaired) electrons. The maximum atomic E-state index is 10.4. The first-order valence-corrected chi connectivity index (χ1v) is 9.98. The van der Waals surface area contributed by atoms with Gasteiger partial charge in [0.2, 0.25) is 0 Å². The van der Waals surface area contributed by atoms with Crippen molar-refractivity contribution < 1.29 is 14.2 Å². The van der Waals surface area contributed by atoms with Crippen molar-refractivity contribution in [2.75, 3.05) is 13.2 Å². The van der Waals surface area contributed by atoms with Gasteiger partial charge in [0.05, 0.1) is 6.61 Å². The molecule has 0 fully saturated rings. The Balaban J connectivity index is 2.23. The molecule has 0 bridgehead atoms. The molecule has 132 valence electrons. The molecular formula is C19H33O3P. The van der Waals surface area contributed by atoms with Crippen LogP contribution in [0.3, 0.4) is 0 Å². The van der Waals surface area contributed by atoms with E-state index in [1.54, 1.807) is 0 Å². The number of aliphatic hydroxyl groups excluding tert-OH is 1. The van der Waals surface area contributed by atoms with Gasteiger partial charge in [0.15, 0.2) is 8.69 Å². The van der Waals surface area contributed by atoms with Crippen LogP contribution in [0.2, 0.25) is 0 Å². The molecule has 23 heavy (non-hydrogen) atoms. The lowest BCUT2D eigenvalue weighted by atomic mass is 9.99. The lowest BCUT2D eigenvalue weighted by Gasteiger charge is -2.12. The fourth-order valence-corrected chi connectivity index (χ4v) is 3.11. The number of hydrogen-bond donors (Lipinski definition) is 1. The second-order valence-corrected chi connectivity index (χ2v) is 6.88. The third-order valence-electron chi connectivity index (χ3n) is 4.34. The van der Waals surface area contributed by atoms with E-state index in [1.165, 1.54) is 56.1 Å². The highest BCUT2D eigenvalue weighted by Crippen LogP contribution is 2.15. The zero-order chi connectivity index (χ0) is 16.8. The van der Waals surface area contributed by atoms with Gasteiger partial charge in [-0.15, -0.1) is 0 Å². The summed E-state index contributed by atoms with van der Waals surface area (Å²) in [5.74, 6) is 0.0826. The summed E-state index contributed by atoms with van der Waals surface area (Å²) in [6.07, 6.45) is 11.0. The van der Waals surface area contributed by atoms with Gasteiger partial charge in [0.25, 0.3) is 0 Å². The summed E-state index contributed by atoms with van der Waals surface area (Å²) in [7, 11) is -1.17. The quantitative estimate of drug-likeness (QED) is 0.390. The van der Waals surface area contributed by atoms with E-state index in [-0.39, 0.29) is 12.5 Å². The highest BCUT2D eigenvalue weighted by atomic mass is 31.1. The van der Waals surface area contributed by atoms with E-state index in [1.807, 2.05) is 0 Å². The fourth-order valence-electron chi connectivity index (χ4n) is 2.76. The molecule has 1 aromatic carbocycles. The van der Waals surface area contributed by atoms with Crippen molar-refractivity contribution in [2.45, 2.75) is 64.7 Å². The predicted molar refractivity (Wildman–Crippen MR) is 98.8 cm³/mol. The minimum atomic E-state index is -1.17. The summed E-state index contributed by atoms with van der Waals surface area (Å²) in [5, 5.41) is 9.28. The second kappa shape index (κ2) is 13.8. The fraction of sp³-hybridized carbons (Fsp3) is 0.684. The zero-order valence-corrected chi connectivity index (χ0v) is 15.7. The van der Waals surface area contributed by atoms with Gasteiger partial charge in [0.1, 0.15) is 0 Å². The Bertz CT molecular complexity index is 406. The van der Waals surface area contributed by atoms with Crippen LogP contribution < -0.4 is 0 Å². The normalized spacial score (nSPS) is 13.0. The van der Waals surface area contributed by atoms with Crippen LogP contribution in [0.5, 0.6) is 0 Å². The molecular weight excluding hydrogens is 307 g/mol. The van der Waals surface area contributed by atoms with Gasteiger partial charge >= 0.3 is 0 Å². The molecule has 0 amide bonds. The van der Waals surface area contributed by atoms with Crippen LogP contribution in [0.15, 0.2) is 24.3 Å². The van der Waals surface area contributed by atoms with Crippen molar-refractivity contribution in [1.82, 2.24) is 0 Å². The number of rotatable bonds is 14. The molecule has 0 aliphatic rings. The first kappa shape index (κ1) is 20.4. The summed E-state index contributed by atoms with van der Waals surface area (Å²) in [4.78, 5) is 0. The Morgan fingerprint density at radius 1 is 1.00 bits per heavy atom. The maximum absolute atomic E-state index is 10.4. The molecule has 0 heterocycles. The molecule has 0 saturated carbocycles. The molecule has 3 nitrogen and oxygen atoms in total. The van der Waals surface area contributed by atoms with E-state index in [0.717, 1.165) is 12.8 Å². The molecule has 0 saturated heterocycles. The van der Waals surface area contributed by atoms with Crippen molar-refractivity contribution in [1.29, 1.82) is 0 Å². The summed E-state index contributed by atoms with van der Waals surface area (Å²) < 4.78 is 15.3. The average Bonchev–Trinajstić information content (AvgIpc) is 2.59. The number of aliphatic hydroxyl groups is 1. The van der Waals surface area contributed by atoms with Crippen LogP contribution in [0.1, 0.15) is 63.0 Å². The van der Waals surface area contributed by atoms with Gasteiger partial charge in [-0.2, -0.15) is 0 Å². The maximum Gasteiger partial charge on any atom is 0.179 e. The number of benzene rings is 1. The van der Waals surface area contributed by atoms with Gasteiger partial charge < -0.3 is 9.63 Å². The van der Waals surface area contributed by atoms with Crippen molar-refractivity contribution >= 4 is 8.69 Å². The molecule has 2 unspecified atom stereocenters. The van der Waals surface area contributed by atoms with Crippen LogP contribution in [0, 0.1) is 5.92 Å². The van der Waals surface area contributed by atoms with Gasteiger partial charge in [-0.05, 0) is 36.8 Å². The Hall–Kier alpha value is -0.630. The van der Waals surface area contributed by atoms with Gasteiger partial charge in [-0.3, -0.25) is 4.57 Å². The largest absolute Gasteiger partial charge is 0.396 e. The van der Waals surface area contributed by atoms with Crippen molar-refractivity contribution in [3.8, 4) is 0 Å². The van der Waals surface area contributed by atoms with Gasteiger partial charge in [-0.1, -0.05) is 63.3 Å². The Labute approximate surface area is 142 Å². The predicted octanol–water partition coefficient (Wildman–Crippen LogP) is 4.82. The molecule has 0 aliphatic heterocycles. The first-order valence-electron chi connectivity index (χ1n) is 9.04. The van der Waals surface area contributed by atoms with Crippen LogP contribution in [-0.2, 0) is 21.9 Å². The Kier molecular flexibility index (Phi) is 12.2. The smallest absolute Gasteiger partial charge is 0.179 e. The van der Waals surface area contributed by atoms with Crippen LogP contribution in [-0.4, -0.2) is 18.3 Å². The van der Waals surface area contributed by atoms with Gasteiger partial charge in [0, 0.05) is 12.5 Å². The van der Waals surface area contributed by atoms with E-state index >= 15 is 0 Å². The monoisotopic (exact) mass is 340 g/mol. The molecule has 4 heteroatoms. The van der Waals surface area contributed by atoms with Crippen LogP contribution in [0.4, 0.5) is 0 Å². The average molecular weight is 340 g/mol. The molecule has 1 N–H and O–H groups in total. The lowest BCUT2D eigenvalue weighted by molar-refractivity contribution is 0.164. The van der Waals surface area contributed by atoms with E-state index in [2.05, 4.69) is 31.2 Å². The summed E-state index contributed by atoms with van der Waals surface area (Å²) in [6, 6.07) is 8.85. The van der Waals surface area contributed by atoms with Crippen molar-refractivity contribution in [3.63, 3.8) is 0 Å². The zero-order valence-electron chi connectivity index (χ0n) is 14.5. The third-order valence-corrected chi connectivity index (χ3v) is 4.67. The SMILES string of the molecule is CCCCCCCCc1ccc(CCC(CO)CO[PH2]=O)cc1. The highest BCUT2D eigenvalue weighted by molar-refractivity contribution is 7.17. The van der Waals surface area contributed by atoms with Crippen LogP contribution >= 0.6 is 8.69 Å². The molecule has 1 aromatic rings. The van der Waals surface area contributed by atoms with E-state index in [4.69, 9.17) is 4.52 Å². The standard InChI is InChI=1S/C19H33O3P/c1-2-3-4-5-6-7-8-17-9-11-18(12-10-17)13-14-19(15-20)16-22-23-21/h9-12,19-20H,2-8,13-16,23H2,1H3.